The van der Waals surface area contributed by atoms with E-state index in [2.05, 4.69) is 15.4 Å². The van der Waals surface area contributed by atoms with Crippen molar-refractivity contribution in [1.29, 1.82) is 0 Å². The molecular weight excluding hydrogens is 136 g/mol. The maximum Gasteiger partial charge on any atom is 0.518 e. The lowest BCUT2D eigenvalue weighted by molar-refractivity contribution is 0.207. The minimum absolute atomic E-state index is 0.176. The zero-order valence-electron chi connectivity index (χ0n) is 5.20. The maximum atomic E-state index is 10.2. The summed E-state index contributed by atoms with van der Waals surface area (Å²) >= 11 is 0. The first kappa shape index (κ1) is 6.67. The fraction of sp³-hybridized carbons (Fsp3) is 0.167. The van der Waals surface area contributed by atoms with Gasteiger partial charge in [0.2, 0.25) is 0 Å². The second-order valence-electron chi connectivity index (χ2n) is 1.53. The Morgan fingerprint density at radius 1 is 1.80 bits per heavy atom. The monoisotopic (exact) mass is 142 g/mol. The van der Waals surface area contributed by atoms with Crippen LogP contribution in [0, 0.1) is 0 Å². The summed E-state index contributed by atoms with van der Waals surface area (Å²) in [4.78, 5) is 10.2. The molecule has 1 aromatic heterocycles. The van der Waals surface area contributed by atoms with Crippen molar-refractivity contribution >= 4 is 0 Å². The van der Waals surface area contributed by atoms with E-state index in [0.717, 1.165) is 0 Å². The highest BCUT2D eigenvalue weighted by atomic mass is 16.6. The summed E-state index contributed by atoms with van der Waals surface area (Å²) in [7, 11) is 0. The van der Waals surface area contributed by atoms with Crippen LogP contribution < -0.4 is 5.82 Å². The van der Waals surface area contributed by atoms with Gasteiger partial charge >= 0.3 is 5.82 Å². The molecule has 0 fully saturated rings. The first-order valence-electron chi connectivity index (χ1n) is 2.63. The van der Waals surface area contributed by atoms with Gasteiger partial charge in [-0.25, -0.2) is 4.79 Å². The zero-order chi connectivity index (χ0) is 7.40. The zero-order valence-corrected chi connectivity index (χ0v) is 5.20. The molecule has 4 heteroatoms. The molecule has 0 saturated heterocycles. The number of hydrogen-bond acceptors (Lipinski definition) is 4. The molecule has 1 aromatic rings. The van der Waals surface area contributed by atoms with Gasteiger partial charge in [-0.05, 0) is 0 Å². The van der Waals surface area contributed by atoms with E-state index in [-0.39, 0.29) is 6.61 Å². The number of ether oxygens (including phenoxy) is 1. The quantitative estimate of drug-likeness (QED) is 0.588. The van der Waals surface area contributed by atoms with Crippen LogP contribution in [0.4, 0.5) is 0 Å². The SMILES string of the molecule is C=COCc1coc(=O)o1. The molecule has 0 spiro atoms. The molecule has 0 radical (unpaired) electrons. The van der Waals surface area contributed by atoms with Crippen LogP contribution in [0.2, 0.25) is 0 Å². The highest BCUT2D eigenvalue weighted by molar-refractivity contribution is 4.81. The molecule has 0 saturated carbocycles. The minimum atomic E-state index is -0.720. The maximum absolute atomic E-state index is 10.2. The molecule has 0 aliphatic heterocycles. The van der Waals surface area contributed by atoms with Gasteiger partial charge in [0.1, 0.15) is 12.9 Å². The molecule has 0 aliphatic rings. The van der Waals surface area contributed by atoms with Crippen LogP contribution >= 0.6 is 0 Å². The molecule has 0 aromatic carbocycles. The number of rotatable bonds is 3. The van der Waals surface area contributed by atoms with Crippen LogP contribution in [0.15, 0.2) is 32.7 Å². The topological polar surface area (TPSA) is 52.6 Å². The van der Waals surface area contributed by atoms with E-state index in [9.17, 15) is 4.79 Å². The molecule has 0 N–H and O–H groups in total. The Labute approximate surface area is 56.7 Å². The summed E-state index contributed by atoms with van der Waals surface area (Å²) in [6.45, 7) is 3.49. The normalized spacial score (nSPS) is 9.20. The van der Waals surface area contributed by atoms with Gasteiger partial charge in [0, 0.05) is 0 Å². The molecule has 54 valence electrons. The summed E-state index contributed by atoms with van der Waals surface area (Å²) in [6.07, 6.45) is 2.46. The second-order valence-corrected chi connectivity index (χ2v) is 1.53. The van der Waals surface area contributed by atoms with Gasteiger partial charge < -0.3 is 13.6 Å². The lowest BCUT2D eigenvalue weighted by Crippen LogP contribution is -1.87. The molecule has 0 atom stereocenters. The van der Waals surface area contributed by atoms with Gasteiger partial charge in [-0.3, -0.25) is 0 Å². The summed E-state index contributed by atoms with van der Waals surface area (Å²) in [5.74, 6) is -0.368. The summed E-state index contributed by atoms with van der Waals surface area (Å²) in [5.41, 5.74) is 0. The van der Waals surface area contributed by atoms with E-state index in [1.54, 1.807) is 0 Å². The number of hydrogen-bond donors (Lipinski definition) is 0. The lowest BCUT2D eigenvalue weighted by atomic mass is 10.6. The third kappa shape index (κ3) is 1.51. The van der Waals surface area contributed by atoms with E-state index in [1.165, 1.54) is 12.5 Å². The largest absolute Gasteiger partial charge is 0.518 e. The van der Waals surface area contributed by atoms with Crippen LogP contribution in [0.5, 0.6) is 0 Å². The van der Waals surface area contributed by atoms with Crippen LogP contribution in [-0.2, 0) is 11.3 Å². The highest BCUT2D eigenvalue weighted by Gasteiger charge is 1.98. The van der Waals surface area contributed by atoms with Gasteiger partial charge in [-0.1, -0.05) is 6.58 Å². The Morgan fingerprint density at radius 2 is 2.60 bits per heavy atom. The van der Waals surface area contributed by atoms with Crippen molar-refractivity contribution in [2.75, 3.05) is 0 Å². The summed E-state index contributed by atoms with van der Waals surface area (Å²) < 4.78 is 13.5. The average molecular weight is 142 g/mol. The third-order valence-electron chi connectivity index (χ3n) is 0.844. The Bertz CT molecular complexity index is 257. The fourth-order valence-electron chi connectivity index (χ4n) is 0.474. The third-order valence-corrected chi connectivity index (χ3v) is 0.844. The highest BCUT2D eigenvalue weighted by Crippen LogP contribution is 1.96. The smallest absolute Gasteiger partial charge is 0.494 e. The Morgan fingerprint density at radius 3 is 3.10 bits per heavy atom. The van der Waals surface area contributed by atoms with E-state index >= 15 is 0 Å². The summed E-state index contributed by atoms with van der Waals surface area (Å²) in [5, 5.41) is 0. The molecule has 0 unspecified atom stereocenters. The van der Waals surface area contributed by atoms with Crippen LogP contribution in [0.1, 0.15) is 5.76 Å². The van der Waals surface area contributed by atoms with Crippen molar-refractivity contribution in [2.45, 2.75) is 6.61 Å². The van der Waals surface area contributed by atoms with Crippen molar-refractivity contribution in [3.63, 3.8) is 0 Å². The van der Waals surface area contributed by atoms with Crippen molar-refractivity contribution in [2.24, 2.45) is 0 Å². The molecule has 0 aliphatic carbocycles. The summed E-state index contributed by atoms with van der Waals surface area (Å²) in [6, 6.07) is 0. The van der Waals surface area contributed by atoms with Crippen LogP contribution in [0.25, 0.3) is 0 Å². The van der Waals surface area contributed by atoms with Crippen molar-refractivity contribution < 1.29 is 13.6 Å². The molecule has 1 heterocycles. The molecular formula is C6H6O4. The molecule has 4 nitrogen and oxygen atoms in total. The van der Waals surface area contributed by atoms with Gasteiger partial charge in [-0.15, -0.1) is 0 Å². The standard InChI is InChI=1S/C6H6O4/c1-2-8-3-5-4-9-6(7)10-5/h2,4H,1,3H2. The molecule has 0 amide bonds. The van der Waals surface area contributed by atoms with Gasteiger partial charge in [-0.2, -0.15) is 0 Å². The van der Waals surface area contributed by atoms with E-state index < -0.39 is 5.82 Å². The van der Waals surface area contributed by atoms with Crippen LogP contribution in [-0.4, -0.2) is 0 Å². The molecule has 1 rings (SSSR count). The molecule has 10 heavy (non-hydrogen) atoms. The predicted molar refractivity (Wildman–Crippen MR) is 32.2 cm³/mol. The fourth-order valence-corrected chi connectivity index (χ4v) is 0.474. The lowest BCUT2D eigenvalue weighted by Gasteiger charge is -1.90. The van der Waals surface area contributed by atoms with Gasteiger partial charge in [0.25, 0.3) is 0 Å². The average Bonchev–Trinajstić information content (AvgIpc) is 2.31. The van der Waals surface area contributed by atoms with E-state index in [1.807, 2.05) is 0 Å². The van der Waals surface area contributed by atoms with Crippen molar-refractivity contribution in [3.05, 3.63) is 35.5 Å². The predicted octanol–water partition coefficient (Wildman–Crippen LogP) is 0.893. The minimum Gasteiger partial charge on any atom is -0.494 e. The Kier molecular flexibility index (Phi) is 1.94. The van der Waals surface area contributed by atoms with Crippen molar-refractivity contribution in [1.82, 2.24) is 0 Å². The first-order chi connectivity index (χ1) is 4.83. The second kappa shape index (κ2) is 2.91. The Hall–Kier alpha value is -1.45. The first-order valence-corrected chi connectivity index (χ1v) is 2.63. The Balaban J connectivity index is 2.58. The van der Waals surface area contributed by atoms with Gasteiger partial charge in [0.05, 0.1) is 6.26 Å². The van der Waals surface area contributed by atoms with E-state index in [4.69, 9.17) is 4.74 Å². The van der Waals surface area contributed by atoms with Crippen LogP contribution in [0.3, 0.4) is 0 Å². The van der Waals surface area contributed by atoms with E-state index in [0.29, 0.717) is 5.76 Å². The van der Waals surface area contributed by atoms with Gasteiger partial charge in [0.15, 0.2) is 5.76 Å². The van der Waals surface area contributed by atoms with Crippen molar-refractivity contribution in [3.8, 4) is 0 Å². The molecule has 0 bridgehead atoms.